The van der Waals surface area contributed by atoms with Crippen molar-refractivity contribution in [1.29, 1.82) is 0 Å². The molecule has 4 aromatic rings. The first-order chi connectivity index (χ1) is 16.2. The number of amides is 1. The Kier molecular flexibility index (Phi) is 5.87. The summed E-state index contributed by atoms with van der Waals surface area (Å²) in [6.07, 6.45) is 2.36. The van der Waals surface area contributed by atoms with Crippen LogP contribution in [0.4, 0.5) is 5.69 Å². The minimum atomic E-state index is -0.243. The number of anilines is 1. The number of carbonyl (C=O) groups excluding carboxylic acids is 2. The Morgan fingerprint density at radius 1 is 1.18 bits per heavy atom. The number of fused-ring (bicyclic) bond motifs is 5. The van der Waals surface area contributed by atoms with E-state index < -0.39 is 0 Å². The maximum absolute atomic E-state index is 12.6. The average Bonchev–Trinajstić information content (AvgIpc) is 3.16. The van der Waals surface area contributed by atoms with E-state index in [2.05, 4.69) is 29.1 Å². The molecule has 34 heavy (non-hydrogen) atoms. The van der Waals surface area contributed by atoms with Gasteiger partial charge in [0, 0.05) is 34.3 Å². The van der Waals surface area contributed by atoms with Gasteiger partial charge in [-0.05, 0) is 57.5 Å². The van der Waals surface area contributed by atoms with E-state index in [1.165, 1.54) is 24.2 Å². The number of hydrogen-bond donors (Lipinski definition) is 1. The van der Waals surface area contributed by atoms with Gasteiger partial charge in [-0.1, -0.05) is 11.8 Å². The van der Waals surface area contributed by atoms with Crippen LogP contribution in [0.5, 0.6) is 0 Å². The normalized spacial score (nSPS) is 14.8. The molecule has 3 aromatic heterocycles. The number of carbonyl (C=O) groups is 2. The molecule has 9 heteroatoms. The van der Waals surface area contributed by atoms with Crippen molar-refractivity contribution in [2.24, 2.45) is 0 Å². The number of ketones is 1. The topological polar surface area (TPSA) is 94.1 Å². The highest BCUT2D eigenvalue weighted by atomic mass is 32.2. The van der Waals surface area contributed by atoms with Gasteiger partial charge in [0.1, 0.15) is 16.2 Å². The van der Waals surface area contributed by atoms with E-state index in [9.17, 15) is 9.59 Å². The quantitative estimate of drug-likeness (QED) is 0.228. The van der Waals surface area contributed by atoms with Crippen LogP contribution in [0, 0.1) is 6.92 Å². The number of nitrogens with one attached hydrogen (secondary N) is 1. The van der Waals surface area contributed by atoms with Crippen LogP contribution in [-0.4, -0.2) is 38.0 Å². The zero-order chi connectivity index (χ0) is 24.0. The van der Waals surface area contributed by atoms with Gasteiger partial charge in [0.15, 0.2) is 5.78 Å². The molecule has 0 bridgehead atoms. The molecule has 0 aliphatic carbocycles. The van der Waals surface area contributed by atoms with Crippen LogP contribution >= 0.6 is 23.1 Å². The maximum atomic E-state index is 12.6. The molecule has 0 radical (unpaired) electrons. The van der Waals surface area contributed by atoms with Crippen molar-refractivity contribution in [1.82, 2.24) is 15.0 Å². The molecule has 5 rings (SSSR count). The molecule has 0 atom stereocenters. The Balaban J connectivity index is 1.42. The summed E-state index contributed by atoms with van der Waals surface area (Å²) in [6, 6.07) is 6.88. The molecule has 1 N–H and O–H groups in total. The molecule has 0 saturated carbocycles. The Labute approximate surface area is 205 Å². The van der Waals surface area contributed by atoms with Crippen LogP contribution in [-0.2, 0) is 22.6 Å². The number of thioether (sulfide) groups is 1. The standard InChI is InChI=1S/C25H24N4O3S2/c1-13-18-10-32-25(3,4)9-17(18)20-21-22(34-23(20)28-13)24(27-12-26-21)33-11-19(31)29-16-7-5-15(6-8-16)14(2)30/h5-8,12H,9-11H2,1-4H3,(H,29,31). The molecule has 1 aliphatic heterocycles. The van der Waals surface area contributed by atoms with E-state index in [0.29, 0.717) is 17.9 Å². The lowest BCUT2D eigenvalue weighted by Crippen LogP contribution is -2.32. The number of hydrogen-bond acceptors (Lipinski definition) is 8. The second-order valence-electron chi connectivity index (χ2n) is 8.99. The van der Waals surface area contributed by atoms with Gasteiger partial charge < -0.3 is 10.1 Å². The smallest absolute Gasteiger partial charge is 0.234 e. The maximum Gasteiger partial charge on any atom is 0.234 e. The van der Waals surface area contributed by atoms with Crippen LogP contribution < -0.4 is 5.32 Å². The van der Waals surface area contributed by atoms with E-state index >= 15 is 0 Å². The Morgan fingerprint density at radius 3 is 2.68 bits per heavy atom. The molecule has 0 spiro atoms. The minimum absolute atomic E-state index is 0.00779. The molecule has 0 unspecified atom stereocenters. The van der Waals surface area contributed by atoms with Crippen molar-refractivity contribution in [3.05, 3.63) is 53.0 Å². The zero-order valence-corrected chi connectivity index (χ0v) is 21.0. The molecule has 1 aliphatic rings. The van der Waals surface area contributed by atoms with Crippen molar-refractivity contribution in [2.75, 3.05) is 11.1 Å². The molecule has 1 amide bonds. The highest BCUT2D eigenvalue weighted by molar-refractivity contribution is 8.00. The summed E-state index contributed by atoms with van der Waals surface area (Å²) in [7, 11) is 0. The zero-order valence-electron chi connectivity index (χ0n) is 19.4. The number of aromatic nitrogens is 3. The lowest BCUT2D eigenvalue weighted by Gasteiger charge is -2.32. The Bertz CT molecular complexity index is 1440. The van der Waals surface area contributed by atoms with Crippen LogP contribution in [0.1, 0.15) is 48.0 Å². The summed E-state index contributed by atoms with van der Waals surface area (Å²) in [4.78, 5) is 38.8. The van der Waals surface area contributed by atoms with Crippen molar-refractivity contribution in [2.45, 2.75) is 51.3 Å². The summed E-state index contributed by atoms with van der Waals surface area (Å²) in [6.45, 7) is 8.30. The highest BCUT2D eigenvalue weighted by Gasteiger charge is 2.31. The highest BCUT2D eigenvalue weighted by Crippen LogP contribution is 2.42. The number of benzene rings is 1. The molecule has 1 aromatic carbocycles. The largest absolute Gasteiger partial charge is 0.370 e. The van der Waals surface area contributed by atoms with Crippen molar-refractivity contribution in [3.8, 4) is 0 Å². The van der Waals surface area contributed by atoms with Crippen LogP contribution in [0.2, 0.25) is 0 Å². The van der Waals surface area contributed by atoms with Crippen LogP contribution in [0.25, 0.3) is 20.4 Å². The second-order valence-corrected chi connectivity index (χ2v) is 11.0. The molecule has 0 saturated heterocycles. The summed E-state index contributed by atoms with van der Waals surface area (Å²) >= 11 is 2.96. The van der Waals surface area contributed by atoms with Gasteiger partial charge in [-0.2, -0.15) is 0 Å². The number of aryl methyl sites for hydroxylation is 1. The Morgan fingerprint density at radius 2 is 1.94 bits per heavy atom. The van der Waals surface area contributed by atoms with Gasteiger partial charge in [0.05, 0.1) is 28.2 Å². The molecule has 4 heterocycles. The summed E-state index contributed by atoms with van der Waals surface area (Å²) < 4.78 is 6.98. The number of rotatable bonds is 5. The first-order valence-corrected chi connectivity index (χ1v) is 12.8. The van der Waals surface area contributed by atoms with Gasteiger partial charge in [-0.15, -0.1) is 11.3 Å². The fourth-order valence-corrected chi connectivity index (χ4v) is 6.25. The van der Waals surface area contributed by atoms with Gasteiger partial charge in [0.25, 0.3) is 0 Å². The fraction of sp³-hybridized carbons (Fsp3) is 0.320. The lowest BCUT2D eigenvalue weighted by molar-refractivity contribution is -0.113. The predicted octanol–water partition coefficient (Wildman–Crippen LogP) is 5.33. The predicted molar refractivity (Wildman–Crippen MR) is 136 cm³/mol. The van der Waals surface area contributed by atoms with Gasteiger partial charge >= 0.3 is 0 Å². The molecule has 0 fully saturated rings. The number of Topliss-reactive ketones (excluding diaryl/α,β-unsaturated/α-hetero) is 1. The molecular weight excluding hydrogens is 468 g/mol. The third-order valence-electron chi connectivity index (χ3n) is 5.92. The van der Waals surface area contributed by atoms with Crippen LogP contribution in [0.3, 0.4) is 0 Å². The van der Waals surface area contributed by atoms with Gasteiger partial charge in [-0.3, -0.25) is 9.59 Å². The summed E-state index contributed by atoms with van der Waals surface area (Å²) in [5, 5.41) is 4.72. The number of nitrogens with zero attached hydrogens (tertiary/aromatic N) is 3. The van der Waals surface area contributed by atoms with E-state index in [4.69, 9.17) is 9.72 Å². The monoisotopic (exact) mass is 492 g/mol. The first-order valence-electron chi connectivity index (χ1n) is 10.9. The number of pyridine rings is 1. The molecule has 174 valence electrons. The molecule has 7 nitrogen and oxygen atoms in total. The van der Waals surface area contributed by atoms with E-state index in [1.807, 2.05) is 6.92 Å². The van der Waals surface area contributed by atoms with Crippen molar-refractivity contribution in [3.63, 3.8) is 0 Å². The van der Waals surface area contributed by atoms with E-state index in [-0.39, 0.29) is 23.0 Å². The Hall–Kier alpha value is -2.88. The second kappa shape index (κ2) is 8.72. The fourth-order valence-electron chi connectivity index (χ4n) is 4.17. The van der Waals surface area contributed by atoms with Crippen molar-refractivity contribution >= 4 is 60.9 Å². The third-order valence-corrected chi connectivity index (χ3v) is 8.12. The van der Waals surface area contributed by atoms with E-state index in [0.717, 1.165) is 43.1 Å². The summed E-state index contributed by atoms with van der Waals surface area (Å²) in [5.41, 5.74) is 5.30. The minimum Gasteiger partial charge on any atom is -0.370 e. The number of ether oxygens (including phenoxy) is 1. The SMILES string of the molecule is CC(=O)c1ccc(NC(=O)CSc2ncnc3c2sc2nc(C)c4c(c23)CC(C)(C)OC4)cc1. The lowest BCUT2D eigenvalue weighted by atomic mass is 9.89. The van der Waals surface area contributed by atoms with Gasteiger partial charge in [0.2, 0.25) is 5.91 Å². The average molecular weight is 493 g/mol. The third kappa shape index (κ3) is 4.31. The van der Waals surface area contributed by atoms with Crippen molar-refractivity contribution < 1.29 is 14.3 Å². The summed E-state index contributed by atoms with van der Waals surface area (Å²) in [5.74, 6) is 0.0607. The first kappa shape index (κ1) is 22.9. The number of thiophene rings is 1. The molecular formula is C25H24N4O3S2. The van der Waals surface area contributed by atoms with E-state index in [1.54, 1.807) is 41.9 Å². The van der Waals surface area contributed by atoms with Crippen LogP contribution in [0.15, 0.2) is 35.6 Å². The van der Waals surface area contributed by atoms with Gasteiger partial charge in [-0.25, -0.2) is 15.0 Å².